The van der Waals surface area contributed by atoms with Crippen molar-refractivity contribution in [3.63, 3.8) is 0 Å². The molecule has 0 amide bonds. The zero-order chi connectivity index (χ0) is 12.1. The van der Waals surface area contributed by atoms with Gasteiger partial charge in [-0.05, 0) is 43.1 Å². The Balaban J connectivity index is 2.94. The molecule has 0 saturated heterocycles. The zero-order valence-corrected chi connectivity index (χ0v) is 10.6. The molecule has 1 rings (SSSR count). The van der Waals surface area contributed by atoms with Crippen molar-refractivity contribution in [3.8, 4) is 5.75 Å². The van der Waals surface area contributed by atoms with Crippen LogP contribution in [-0.2, 0) is 6.42 Å². The summed E-state index contributed by atoms with van der Waals surface area (Å²) in [6, 6.07) is 3.68. The summed E-state index contributed by atoms with van der Waals surface area (Å²) < 4.78 is 30.2. The van der Waals surface area contributed by atoms with Gasteiger partial charge in [-0.25, -0.2) is 8.78 Å². The molecule has 16 heavy (non-hydrogen) atoms. The van der Waals surface area contributed by atoms with Crippen LogP contribution in [0.15, 0.2) is 16.6 Å². The SMILES string of the molecule is Cc1cc(Br)cc(CCN)c1OCC(F)F. The number of benzene rings is 1. The average molecular weight is 294 g/mol. The molecule has 0 saturated carbocycles. The Morgan fingerprint density at radius 3 is 2.69 bits per heavy atom. The molecule has 0 aliphatic rings. The van der Waals surface area contributed by atoms with Crippen molar-refractivity contribution in [1.29, 1.82) is 0 Å². The van der Waals surface area contributed by atoms with E-state index >= 15 is 0 Å². The first kappa shape index (κ1) is 13.4. The minimum atomic E-state index is -2.46. The van der Waals surface area contributed by atoms with Crippen LogP contribution >= 0.6 is 15.9 Å². The molecule has 5 heteroatoms. The molecule has 1 aromatic rings. The van der Waals surface area contributed by atoms with Crippen molar-refractivity contribution in [2.75, 3.05) is 13.2 Å². The Bertz CT molecular complexity index is 358. The first-order valence-electron chi connectivity index (χ1n) is 4.94. The van der Waals surface area contributed by atoms with Crippen LogP contribution < -0.4 is 10.5 Å². The van der Waals surface area contributed by atoms with Crippen molar-refractivity contribution in [2.24, 2.45) is 5.73 Å². The van der Waals surface area contributed by atoms with E-state index in [1.165, 1.54) is 0 Å². The maximum atomic E-state index is 12.1. The number of halogens is 3. The fraction of sp³-hybridized carbons (Fsp3) is 0.455. The lowest BCUT2D eigenvalue weighted by molar-refractivity contribution is 0.0811. The van der Waals surface area contributed by atoms with Gasteiger partial charge in [0.2, 0.25) is 0 Å². The van der Waals surface area contributed by atoms with Crippen molar-refractivity contribution >= 4 is 15.9 Å². The lowest BCUT2D eigenvalue weighted by Gasteiger charge is -2.14. The molecule has 0 heterocycles. The molecule has 0 radical (unpaired) electrons. The summed E-state index contributed by atoms with van der Waals surface area (Å²) in [4.78, 5) is 0. The Morgan fingerprint density at radius 2 is 2.12 bits per heavy atom. The molecular weight excluding hydrogens is 280 g/mol. The van der Waals surface area contributed by atoms with E-state index in [2.05, 4.69) is 15.9 Å². The number of alkyl halides is 2. The van der Waals surface area contributed by atoms with Gasteiger partial charge in [-0.2, -0.15) is 0 Å². The molecule has 0 bridgehead atoms. The third-order valence-corrected chi connectivity index (χ3v) is 2.54. The van der Waals surface area contributed by atoms with Crippen LogP contribution in [0.4, 0.5) is 8.78 Å². The summed E-state index contributed by atoms with van der Waals surface area (Å²) >= 11 is 3.35. The molecule has 0 aliphatic carbocycles. The van der Waals surface area contributed by atoms with Gasteiger partial charge in [-0.1, -0.05) is 15.9 Å². The van der Waals surface area contributed by atoms with E-state index in [1.807, 2.05) is 19.1 Å². The van der Waals surface area contributed by atoms with Gasteiger partial charge in [-0.15, -0.1) is 0 Å². The number of hydrogen-bond donors (Lipinski definition) is 1. The second-order valence-corrected chi connectivity index (χ2v) is 4.37. The van der Waals surface area contributed by atoms with E-state index in [9.17, 15) is 8.78 Å². The van der Waals surface area contributed by atoms with Crippen LogP contribution in [0.5, 0.6) is 5.75 Å². The third-order valence-electron chi connectivity index (χ3n) is 2.08. The van der Waals surface area contributed by atoms with Crippen LogP contribution in [0, 0.1) is 6.92 Å². The molecule has 0 aliphatic heterocycles. The van der Waals surface area contributed by atoms with Gasteiger partial charge < -0.3 is 10.5 Å². The predicted octanol–water partition coefficient (Wildman–Crippen LogP) is 2.90. The summed E-state index contributed by atoms with van der Waals surface area (Å²) in [7, 11) is 0. The largest absolute Gasteiger partial charge is 0.487 e. The molecule has 0 spiro atoms. The van der Waals surface area contributed by atoms with Gasteiger partial charge in [-0.3, -0.25) is 0 Å². The maximum absolute atomic E-state index is 12.1. The smallest absolute Gasteiger partial charge is 0.272 e. The van der Waals surface area contributed by atoms with Crippen molar-refractivity contribution < 1.29 is 13.5 Å². The van der Waals surface area contributed by atoms with Crippen LogP contribution in [0.1, 0.15) is 11.1 Å². The fourth-order valence-electron chi connectivity index (χ4n) is 1.49. The first-order valence-corrected chi connectivity index (χ1v) is 5.74. The maximum Gasteiger partial charge on any atom is 0.272 e. The molecule has 0 atom stereocenters. The second kappa shape index (κ2) is 6.15. The fourth-order valence-corrected chi connectivity index (χ4v) is 2.11. The third kappa shape index (κ3) is 3.72. The van der Waals surface area contributed by atoms with E-state index in [1.54, 1.807) is 0 Å². The highest BCUT2D eigenvalue weighted by atomic mass is 79.9. The normalized spacial score (nSPS) is 10.9. The van der Waals surface area contributed by atoms with E-state index < -0.39 is 13.0 Å². The zero-order valence-electron chi connectivity index (χ0n) is 8.97. The highest BCUT2D eigenvalue weighted by Crippen LogP contribution is 2.28. The van der Waals surface area contributed by atoms with Crippen LogP contribution in [-0.4, -0.2) is 19.6 Å². The van der Waals surface area contributed by atoms with Crippen molar-refractivity contribution in [2.45, 2.75) is 19.8 Å². The minimum Gasteiger partial charge on any atom is -0.487 e. The Hall–Kier alpha value is -0.680. The Kier molecular flexibility index (Phi) is 5.15. The van der Waals surface area contributed by atoms with Crippen LogP contribution in [0.2, 0.25) is 0 Å². The number of rotatable bonds is 5. The summed E-state index contributed by atoms with van der Waals surface area (Å²) in [6.07, 6.45) is -1.85. The molecule has 0 aromatic heterocycles. The van der Waals surface area contributed by atoms with Gasteiger partial charge in [0.1, 0.15) is 12.4 Å². The lowest BCUT2D eigenvalue weighted by Crippen LogP contribution is -2.11. The average Bonchev–Trinajstić information content (AvgIpc) is 2.16. The van der Waals surface area contributed by atoms with E-state index in [0.717, 1.165) is 15.6 Å². The first-order chi connectivity index (χ1) is 7.54. The summed E-state index contributed by atoms with van der Waals surface area (Å²) in [5.74, 6) is 0.522. The summed E-state index contributed by atoms with van der Waals surface area (Å²) in [5.41, 5.74) is 7.15. The standard InChI is InChI=1S/C11H14BrF2NO/c1-7-4-9(12)5-8(2-3-15)11(7)16-6-10(13)14/h4-5,10H,2-3,6,15H2,1H3. The van der Waals surface area contributed by atoms with Crippen LogP contribution in [0.25, 0.3) is 0 Å². The predicted molar refractivity (Wildman–Crippen MR) is 63.1 cm³/mol. The highest BCUT2D eigenvalue weighted by Gasteiger charge is 2.11. The summed E-state index contributed by atoms with van der Waals surface area (Å²) in [5, 5.41) is 0. The molecule has 2 nitrogen and oxygen atoms in total. The number of nitrogens with two attached hydrogens (primary N) is 1. The Morgan fingerprint density at radius 1 is 1.44 bits per heavy atom. The second-order valence-electron chi connectivity index (χ2n) is 3.45. The van der Waals surface area contributed by atoms with Gasteiger partial charge in [0.05, 0.1) is 0 Å². The van der Waals surface area contributed by atoms with Crippen molar-refractivity contribution in [1.82, 2.24) is 0 Å². The molecule has 1 aromatic carbocycles. The van der Waals surface area contributed by atoms with E-state index in [4.69, 9.17) is 10.5 Å². The quantitative estimate of drug-likeness (QED) is 0.906. The number of aryl methyl sites for hydroxylation is 1. The monoisotopic (exact) mass is 293 g/mol. The van der Waals surface area contributed by atoms with Crippen molar-refractivity contribution in [3.05, 3.63) is 27.7 Å². The van der Waals surface area contributed by atoms with Gasteiger partial charge in [0.25, 0.3) is 6.43 Å². The van der Waals surface area contributed by atoms with Gasteiger partial charge in [0.15, 0.2) is 0 Å². The molecule has 2 N–H and O–H groups in total. The Labute approximate surface area is 102 Å². The topological polar surface area (TPSA) is 35.2 Å². The van der Waals surface area contributed by atoms with E-state index in [-0.39, 0.29) is 0 Å². The van der Waals surface area contributed by atoms with Crippen LogP contribution in [0.3, 0.4) is 0 Å². The highest BCUT2D eigenvalue weighted by molar-refractivity contribution is 9.10. The molecule has 0 unspecified atom stereocenters. The number of ether oxygens (including phenoxy) is 1. The molecule has 0 fully saturated rings. The number of hydrogen-bond acceptors (Lipinski definition) is 2. The lowest BCUT2D eigenvalue weighted by atomic mass is 10.1. The molecular formula is C11H14BrF2NO. The summed E-state index contributed by atoms with van der Waals surface area (Å²) in [6.45, 7) is 1.70. The minimum absolute atomic E-state index is 0.459. The van der Waals surface area contributed by atoms with Gasteiger partial charge >= 0.3 is 0 Å². The van der Waals surface area contributed by atoms with E-state index in [0.29, 0.717) is 18.7 Å². The van der Waals surface area contributed by atoms with Gasteiger partial charge in [0, 0.05) is 4.47 Å². The molecule has 90 valence electrons.